The van der Waals surface area contributed by atoms with Gasteiger partial charge < -0.3 is 0 Å². The molecular weight excluding hydrogens is 265 g/mol. The van der Waals surface area contributed by atoms with Crippen molar-refractivity contribution in [3.63, 3.8) is 0 Å². The van der Waals surface area contributed by atoms with E-state index in [9.17, 15) is 4.39 Å². The molecule has 1 aromatic heterocycles. The molecule has 1 aliphatic rings. The van der Waals surface area contributed by atoms with Gasteiger partial charge in [-0.1, -0.05) is 12.1 Å². The van der Waals surface area contributed by atoms with Crippen LogP contribution in [0, 0.1) is 12.7 Å². The van der Waals surface area contributed by atoms with Crippen molar-refractivity contribution in [2.24, 2.45) is 0 Å². The van der Waals surface area contributed by atoms with Crippen LogP contribution in [0.1, 0.15) is 36.8 Å². The molecule has 3 nitrogen and oxygen atoms in total. The Bertz CT molecular complexity index is 626. The van der Waals surface area contributed by atoms with Gasteiger partial charge in [0.25, 0.3) is 0 Å². The van der Waals surface area contributed by atoms with Crippen LogP contribution in [0.3, 0.4) is 0 Å². The summed E-state index contributed by atoms with van der Waals surface area (Å²) in [6.45, 7) is 6.02. The number of hydrogen-bond acceptors (Lipinski definition) is 3. The minimum atomic E-state index is -0.190. The fraction of sp³-hybridized carbons (Fsp3) is 0.412. The Balaban J connectivity index is 1.86. The SMILES string of the molecule is Cc1ccnc([C@@]2(C)CCCN2Cc2ccc(F)cc2)n1. The maximum absolute atomic E-state index is 13.0. The molecule has 110 valence electrons. The lowest BCUT2D eigenvalue weighted by atomic mass is 9.97. The molecule has 1 aromatic carbocycles. The highest BCUT2D eigenvalue weighted by molar-refractivity contribution is 5.18. The third-order valence-corrected chi connectivity index (χ3v) is 4.35. The lowest BCUT2D eigenvalue weighted by molar-refractivity contribution is 0.137. The van der Waals surface area contributed by atoms with Crippen molar-refractivity contribution >= 4 is 0 Å². The van der Waals surface area contributed by atoms with Gasteiger partial charge in [-0.3, -0.25) is 4.90 Å². The normalized spacial score (nSPS) is 22.6. The van der Waals surface area contributed by atoms with Gasteiger partial charge in [0.05, 0.1) is 5.54 Å². The highest BCUT2D eigenvalue weighted by Gasteiger charge is 2.40. The molecule has 0 bridgehead atoms. The van der Waals surface area contributed by atoms with Crippen LogP contribution in [0.2, 0.25) is 0 Å². The minimum Gasteiger partial charge on any atom is -0.287 e. The van der Waals surface area contributed by atoms with Crippen molar-refractivity contribution in [3.05, 3.63) is 59.4 Å². The number of rotatable bonds is 3. The summed E-state index contributed by atoms with van der Waals surface area (Å²) in [7, 11) is 0. The first-order chi connectivity index (χ1) is 10.1. The molecule has 1 saturated heterocycles. The average molecular weight is 285 g/mol. The van der Waals surface area contributed by atoms with E-state index in [1.807, 2.05) is 31.3 Å². The van der Waals surface area contributed by atoms with E-state index in [-0.39, 0.29) is 11.4 Å². The van der Waals surface area contributed by atoms with E-state index in [1.165, 1.54) is 12.1 Å². The van der Waals surface area contributed by atoms with Crippen LogP contribution in [0.4, 0.5) is 4.39 Å². The molecule has 2 aromatic rings. The summed E-state index contributed by atoms with van der Waals surface area (Å²) >= 11 is 0. The molecule has 2 heterocycles. The van der Waals surface area contributed by atoms with Crippen molar-refractivity contribution < 1.29 is 4.39 Å². The summed E-state index contributed by atoms with van der Waals surface area (Å²) in [4.78, 5) is 11.5. The predicted molar refractivity (Wildman–Crippen MR) is 80.2 cm³/mol. The Morgan fingerprint density at radius 2 is 2.00 bits per heavy atom. The van der Waals surface area contributed by atoms with Crippen molar-refractivity contribution in [2.75, 3.05) is 6.54 Å². The maximum Gasteiger partial charge on any atom is 0.148 e. The molecule has 0 radical (unpaired) electrons. The first kappa shape index (κ1) is 14.1. The zero-order valence-electron chi connectivity index (χ0n) is 12.5. The highest BCUT2D eigenvalue weighted by Crippen LogP contribution is 2.37. The average Bonchev–Trinajstić information content (AvgIpc) is 2.84. The molecule has 0 unspecified atom stereocenters. The van der Waals surface area contributed by atoms with Gasteiger partial charge in [-0.05, 0) is 57.0 Å². The summed E-state index contributed by atoms with van der Waals surface area (Å²) in [6.07, 6.45) is 4.02. The lowest BCUT2D eigenvalue weighted by Gasteiger charge is -2.34. The molecule has 1 atom stereocenters. The van der Waals surface area contributed by atoms with Crippen LogP contribution < -0.4 is 0 Å². The molecular formula is C17H20FN3. The number of nitrogens with zero attached hydrogens (tertiary/aromatic N) is 3. The van der Waals surface area contributed by atoms with E-state index in [4.69, 9.17) is 0 Å². The zero-order chi connectivity index (χ0) is 14.9. The lowest BCUT2D eigenvalue weighted by Crippen LogP contribution is -2.39. The molecule has 1 aliphatic heterocycles. The minimum absolute atomic E-state index is 0.138. The van der Waals surface area contributed by atoms with Crippen molar-refractivity contribution in [3.8, 4) is 0 Å². The van der Waals surface area contributed by atoms with E-state index in [0.29, 0.717) is 0 Å². The van der Waals surface area contributed by atoms with Gasteiger partial charge in [0, 0.05) is 18.4 Å². The topological polar surface area (TPSA) is 29.0 Å². The summed E-state index contributed by atoms with van der Waals surface area (Å²) in [6, 6.07) is 8.67. The second kappa shape index (κ2) is 5.53. The van der Waals surface area contributed by atoms with Gasteiger partial charge in [-0.15, -0.1) is 0 Å². The number of likely N-dealkylation sites (tertiary alicyclic amines) is 1. The number of benzene rings is 1. The van der Waals surface area contributed by atoms with E-state index < -0.39 is 0 Å². The Morgan fingerprint density at radius 3 is 2.71 bits per heavy atom. The molecule has 0 aliphatic carbocycles. The summed E-state index contributed by atoms with van der Waals surface area (Å²) in [5.41, 5.74) is 1.98. The molecule has 1 fully saturated rings. The highest BCUT2D eigenvalue weighted by atomic mass is 19.1. The smallest absolute Gasteiger partial charge is 0.148 e. The summed E-state index contributed by atoms with van der Waals surface area (Å²) < 4.78 is 13.0. The molecule has 0 N–H and O–H groups in total. The van der Waals surface area contributed by atoms with E-state index in [2.05, 4.69) is 21.8 Å². The van der Waals surface area contributed by atoms with Gasteiger partial charge in [0.15, 0.2) is 0 Å². The van der Waals surface area contributed by atoms with Gasteiger partial charge in [0.2, 0.25) is 0 Å². The van der Waals surface area contributed by atoms with Crippen LogP contribution in [0.5, 0.6) is 0 Å². The molecule has 3 rings (SSSR count). The fourth-order valence-corrected chi connectivity index (χ4v) is 3.04. The second-order valence-electron chi connectivity index (χ2n) is 5.95. The number of hydrogen-bond donors (Lipinski definition) is 0. The van der Waals surface area contributed by atoms with Crippen LogP contribution in [-0.2, 0) is 12.1 Å². The molecule has 0 spiro atoms. The second-order valence-corrected chi connectivity index (χ2v) is 5.95. The van der Waals surface area contributed by atoms with E-state index in [1.54, 1.807) is 0 Å². The Hall–Kier alpha value is -1.81. The quantitative estimate of drug-likeness (QED) is 0.865. The van der Waals surface area contributed by atoms with Crippen LogP contribution in [-0.4, -0.2) is 21.4 Å². The predicted octanol–water partition coefficient (Wildman–Crippen LogP) is 3.44. The number of aromatic nitrogens is 2. The molecule has 21 heavy (non-hydrogen) atoms. The first-order valence-electron chi connectivity index (χ1n) is 7.37. The first-order valence-corrected chi connectivity index (χ1v) is 7.37. The van der Waals surface area contributed by atoms with Gasteiger partial charge in [-0.2, -0.15) is 0 Å². The van der Waals surface area contributed by atoms with Gasteiger partial charge in [0.1, 0.15) is 11.6 Å². The monoisotopic (exact) mass is 285 g/mol. The molecule has 4 heteroatoms. The van der Waals surface area contributed by atoms with Gasteiger partial charge in [-0.25, -0.2) is 14.4 Å². The molecule has 0 saturated carbocycles. The Labute approximate surface area is 124 Å². The Kier molecular flexibility index (Phi) is 3.72. The summed E-state index contributed by atoms with van der Waals surface area (Å²) in [5.74, 6) is 0.701. The number of aryl methyl sites for hydroxylation is 1. The van der Waals surface area contributed by atoms with Gasteiger partial charge >= 0.3 is 0 Å². The van der Waals surface area contributed by atoms with E-state index in [0.717, 1.165) is 43.0 Å². The summed E-state index contributed by atoms with van der Waals surface area (Å²) in [5, 5.41) is 0. The van der Waals surface area contributed by atoms with Crippen LogP contribution in [0.25, 0.3) is 0 Å². The standard InChI is InChI=1S/C17H20FN3/c1-13-8-10-19-16(20-13)17(2)9-3-11-21(17)12-14-4-6-15(18)7-5-14/h4-8,10H,3,9,11-12H2,1-2H3/t17-/m1/s1. The van der Waals surface area contributed by atoms with Crippen molar-refractivity contribution in [1.29, 1.82) is 0 Å². The number of halogens is 1. The largest absolute Gasteiger partial charge is 0.287 e. The van der Waals surface area contributed by atoms with Crippen LogP contribution >= 0.6 is 0 Å². The molecule has 0 amide bonds. The third-order valence-electron chi connectivity index (χ3n) is 4.35. The van der Waals surface area contributed by atoms with Crippen molar-refractivity contribution in [2.45, 2.75) is 38.8 Å². The third kappa shape index (κ3) is 2.81. The van der Waals surface area contributed by atoms with Crippen molar-refractivity contribution in [1.82, 2.24) is 14.9 Å². The maximum atomic E-state index is 13.0. The van der Waals surface area contributed by atoms with Crippen LogP contribution in [0.15, 0.2) is 36.5 Å². The Morgan fingerprint density at radius 1 is 1.24 bits per heavy atom. The zero-order valence-corrected chi connectivity index (χ0v) is 12.5. The fourth-order valence-electron chi connectivity index (χ4n) is 3.04. The van der Waals surface area contributed by atoms with E-state index >= 15 is 0 Å².